The fraction of sp³-hybridized carbons (Fsp3) is 0.0870. The summed E-state index contributed by atoms with van der Waals surface area (Å²) < 4.78 is 10.5. The van der Waals surface area contributed by atoms with Crippen LogP contribution in [0.2, 0.25) is 0 Å². The predicted octanol–water partition coefficient (Wildman–Crippen LogP) is 5.66. The van der Waals surface area contributed by atoms with Gasteiger partial charge in [-0.05, 0) is 60.7 Å². The molecule has 0 fully saturated rings. The maximum absolute atomic E-state index is 5.25. The van der Waals surface area contributed by atoms with E-state index >= 15 is 0 Å². The van der Waals surface area contributed by atoms with Crippen molar-refractivity contribution in [3.63, 3.8) is 0 Å². The van der Waals surface area contributed by atoms with Crippen LogP contribution in [0.1, 0.15) is 0 Å². The average molecular weight is 356 g/mol. The number of para-hydroxylation sites is 1. The SMILES string of the molecule is COc1ccc(Nc2cc(-c3ccc(OC)cc3)nc3ccccc23)cc1. The molecule has 3 aromatic carbocycles. The van der Waals surface area contributed by atoms with E-state index in [1.807, 2.05) is 66.7 Å². The minimum absolute atomic E-state index is 0.830. The molecule has 1 aromatic heterocycles. The highest BCUT2D eigenvalue weighted by atomic mass is 16.5. The van der Waals surface area contributed by atoms with Crippen molar-refractivity contribution >= 4 is 22.3 Å². The first-order chi connectivity index (χ1) is 13.3. The van der Waals surface area contributed by atoms with Crippen molar-refractivity contribution < 1.29 is 9.47 Å². The van der Waals surface area contributed by atoms with E-state index in [1.165, 1.54) is 0 Å². The van der Waals surface area contributed by atoms with Gasteiger partial charge in [-0.1, -0.05) is 18.2 Å². The number of hydrogen-bond acceptors (Lipinski definition) is 4. The molecule has 27 heavy (non-hydrogen) atoms. The van der Waals surface area contributed by atoms with Crippen LogP contribution >= 0.6 is 0 Å². The summed E-state index contributed by atoms with van der Waals surface area (Å²) >= 11 is 0. The molecule has 0 atom stereocenters. The standard InChI is InChI=1S/C23H20N2O2/c1-26-18-11-7-16(8-12-18)22-15-23(20-5-3-4-6-21(20)25-22)24-17-9-13-19(27-2)14-10-17/h3-15H,1-2H3,(H,24,25). The quantitative estimate of drug-likeness (QED) is 0.501. The van der Waals surface area contributed by atoms with Gasteiger partial charge in [0.1, 0.15) is 11.5 Å². The summed E-state index contributed by atoms with van der Waals surface area (Å²) in [7, 11) is 3.33. The molecule has 4 rings (SSSR count). The number of hydrogen-bond donors (Lipinski definition) is 1. The molecule has 1 N–H and O–H groups in total. The van der Waals surface area contributed by atoms with E-state index in [-0.39, 0.29) is 0 Å². The minimum atomic E-state index is 0.830. The van der Waals surface area contributed by atoms with E-state index in [1.54, 1.807) is 14.2 Å². The zero-order valence-corrected chi connectivity index (χ0v) is 15.3. The monoisotopic (exact) mass is 356 g/mol. The molecular formula is C23H20N2O2. The third-order valence-corrected chi connectivity index (χ3v) is 4.47. The Morgan fingerprint density at radius 2 is 1.37 bits per heavy atom. The second-order valence-corrected chi connectivity index (χ2v) is 6.15. The molecule has 0 amide bonds. The lowest BCUT2D eigenvalue weighted by Crippen LogP contribution is -1.95. The van der Waals surface area contributed by atoms with Gasteiger partial charge >= 0.3 is 0 Å². The lowest BCUT2D eigenvalue weighted by molar-refractivity contribution is 0.415. The van der Waals surface area contributed by atoms with E-state index < -0.39 is 0 Å². The Morgan fingerprint density at radius 3 is 2.04 bits per heavy atom. The number of ether oxygens (including phenoxy) is 2. The molecule has 4 nitrogen and oxygen atoms in total. The van der Waals surface area contributed by atoms with Crippen molar-refractivity contribution in [3.8, 4) is 22.8 Å². The normalized spacial score (nSPS) is 10.6. The molecule has 0 radical (unpaired) electrons. The lowest BCUT2D eigenvalue weighted by atomic mass is 10.1. The number of nitrogens with one attached hydrogen (secondary N) is 1. The van der Waals surface area contributed by atoms with Crippen LogP contribution in [0, 0.1) is 0 Å². The molecule has 0 unspecified atom stereocenters. The van der Waals surface area contributed by atoms with Crippen LogP contribution < -0.4 is 14.8 Å². The Kier molecular flexibility index (Phi) is 4.62. The highest BCUT2D eigenvalue weighted by Gasteiger charge is 2.08. The highest BCUT2D eigenvalue weighted by molar-refractivity contribution is 5.95. The summed E-state index contributed by atoms with van der Waals surface area (Å²) in [6, 6.07) is 26.0. The van der Waals surface area contributed by atoms with Crippen molar-refractivity contribution in [2.45, 2.75) is 0 Å². The van der Waals surface area contributed by atoms with Gasteiger partial charge in [0.2, 0.25) is 0 Å². The van der Waals surface area contributed by atoms with Crippen LogP contribution in [0.3, 0.4) is 0 Å². The van der Waals surface area contributed by atoms with Crippen molar-refractivity contribution in [3.05, 3.63) is 78.9 Å². The minimum Gasteiger partial charge on any atom is -0.497 e. The first-order valence-corrected chi connectivity index (χ1v) is 8.72. The molecule has 0 aliphatic rings. The van der Waals surface area contributed by atoms with Crippen LogP contribution in [-0.2, 0) is 0 Å². The number of rotatable bonds is 5. The molecule has 4 aromatic rings. The summed E-state index contributed by atoms with van der Waals surface area (Å²) in [6.45, 7) is 0. The van der Waals surface area contributed by atoms with Gasteiger partial charge in [-0.25, -0.2) is 4.98 Å². The van der Waals surface area contributed by atoms with Gasteiger partial charge in [0.05, 0.1) is 31.1 Å². The first kappa shape index (κ1) is 16.9. The molecule has 4 heteroatoms. The molecular weight excluding hydrogens is 336 g/mol. The van der Waals surface area contributed by atoms with Gasteiger partial charge in [-0.2, -0.15) is 0 Å². The Morgan fingerprint density at radius 1 is 0.741 bits per heavy atom. The molecule has 0 saturated carbocycles. The van der Waals surface area contributed by atoms with Crippen LogP contribution in [0.25, 0.3) is 22.2 Å². The van der Waals surface area contributed by atoms with Gasteiger partial charge in [0, 0.05) is 16.6 Å². The van der Waals surface area contributed by atoms with Gasteiger partial charge in [-0.3, -0.25) is 0 Å². The van der Waals surface area contributed by atoms with Crippen molar-refractivity contribution in [2.75, 3.05) is 19.5 Å². The van der Waals surface area contributed by atoms with Gasteiger partial charge in [0.25, 0.3) is 0 Å². The number of pyridine rings is 1. The van der Waals surface area contributed by atoms with E-state index in [4.69, 9.17) is 14.5 Å². The zero-order valence-electron chi connectivity index (χ0n) is 15.3. The molecule has 134 valence electrons. The Labute approximate surface area is 158 Å². The highest BCUT2D eigenvalue weighted by Crippen LogP contribution is 2.31. The van der Waals surface area contributed by atoms with E-state index in [9.17, 15) is 0 Å². The summed E-state index contributed by atoms with van der Waals surface area (Å²) in [5.41, 5.74) is 4.90. The predicted molar refractivity (Wildman–Crippen MR) is 110 cm³/mol. The third kappa shape index (κ3) is 3.55. The third-order valence-electron chi connectivity index (χ3n) is 4.47. The van der Waals surface area contributed by atoms with Crippen molar-refractivity contribution in [2.24, 2.45) is 0 Å². The van der Waals surface area contributed by atoms with Crippen molar-refractivity contribution in [1.82, 2.24) is 4.98 Å². The molecule has 0 aliphatic carbocycles. The largest absolute Gasteiger partial charge is 0.497 e. The van der Waals surface area contributed by atoms with Gasteiger partial charge in [-0.15, -0.1) is 0 Å². The molecule has 0 saturated heterocycles. The summed E-state index contributed by atoms with van der Waals surface area (Å²) in [5.74, 6) is 1.66. The number of fused-ring (bicyclic) bond motifs is 1. The smallest absolute Gasteiger partial charge is 0.119 e. The van der Waals surface area contributed by atoms with Crippen LogP contribution in [0.15, 0.2) is 78.9 Å². The Bertz CT molecular complexity index is 1060. The zero-order chi connectivity index (χ0) is 18.6. The lowest BCUT2D eigenvalue weighted by Gasteiger charge is -2.13. The fourth-order valence-corrected chi connectivity index (χ4v) is 3.02. The number of aromatic nitrogens is 1. The van der Waals surface area contributed by atoms with Crippen molar-refractivity contribution in [1.29, 1.82) is 0 Å². The summed E-state index contributed by atoms with van der Waals surface area (Å²) in [5, 5.41) is 4.59. The van der Waals surface area contributed by atoms with Gasteiger partial charge in [0.15, 0.2) is 0 Å². The maximum atomic E-state index is 5.25. The van der Waals surface area contributed by atoms with E-state index in [0.29, 0.717) is 0 Å². The number of anilines is 2. The fourth-order valence-electron chi connectivity index (χ4n) is 3.02. The number of benzene rings is 3. The molecule has 0 bridgehead atoms. The average Bonchev–Trinajstić information content (AvgIpc) is 2.74. The second-order valence-electron chi connectivity index (χ2n) is 6.15. The molecule has 0 aliphatic heterocycles. The topological polar surface area (TPSA) is 43.4 Å². The van der Waals surface area contributed by atoms with Crippen LogP contribution in [0.5, 0.6) is 11.5 Å². The molecule has 1 heterocycles. The van der Waals surface area contributed by atoms with E-state index in [2.05, 4.69) is 17.4 Å². The second kappa shape index (κ2) is 7.38. The Balaban J connectivity index is 1.77. The number of methoxy groups -OCH3 is 2. The number of nitrogens with zero attached hydrogens (tertiary/aromatic N) is 1. The molecule has 0 spiro atoms. The van der Waals surface area contributed by atoms with Crippen LogP contribution in [-0.4, -0.2) is 19.2 Å². The summed E-state index contributed by atoms with van der Waals surface area (Å²) in [4.78, 5) is 4.83. The Hall–Kier alpha value is -3.53. The first-order valence-electron chi connectivity index (χ1n) is 8.72. The summed E-state index contributed by atoms with van der Waals surface area (Å²) in [6.07, 6.45) is 0. The van der Waals surface area contributed by atoms with Gasteiger partial charge < -0.3 is 14.8 Å². The van der Waals surface area contributed by atoms with E-state index in [0.717, 1.165) is 45.0 Å². The van der Waals surface area contributed by atoms with Crippen LogP contribution in [0.4, 0.5) is 11.4 Å². The maximum Gasteiger partial charge on any atom is 0.119 e.